The molecule has 3 rings (SSSR count). The highest BCUT2D eigenvalue weighted by atomic mass is 16.3. The van der Waals surface area contributed by atoms with Gasteiger partial charge in [0.15, 0.2) is 0 Å². The largest absolute Gasteiger partial charge is 0.464 e. The molecule has 0 aliphatic heterocycles. The lowest BCUT2D eigenvalue weighted by atomic mass is 9.98. The predicted octanol–water partition coefficient (Wildman–Crippen LogP) is 3.74. The van der Waals surface area contributed by atoms with Crippen LogP contribution in [0.25, 0.3) is 11.0 Å². The third-order valence-electron chi connectivity index (χ3n) is 3.96. The zero-order valence-corrected chi connectivity index (χ0v) is 12.2. The molecule has 3 nitrogen and oxygen atoms in total. The van der Waals surface area contributed by atoms with Crippen LogP contribution in [0, 0.1) is 0 Å². The Bertz CT molecular complexity index is 715. The van der Waals surface area contributed by atoms with Crippen LogP contribution in [-0.4, -0.2) is 0 Å². The molecule has 3 heteroatoms. The number of furan rings is 1. The minimum Gasteiger partial charge on any atom is -0.464 e. The van der Waals surface area contributed by atoms with Crippen LogP contribution in [0.5, 0.6) is 0 Å². The number of hydrogen-bond acceptors (Lipinski definition) is 3. The number of hydrazine groups is 1. The standard InChI is InChI=1S/C18H20N2O/c1-2-13-7-9-14(10-8-13)11-17(20-19)16-12-21-18-6-4-3-5-15(16)18/h3-10,12,17,20H,2,11,19H2,1H3. The zero-order chi connectivity index (χ0) is 14.7. The predicted molar refractivity (Wildman–Crippen MR) is 85.8 cm³/mol. The molecule has 1 heterocycles. The van der Waals surface area contributed by atoms with Crippen LogP contribution in [0.4, 0.5) is 0 Å². The van der Waals surface area contributed by atoms with Crippen molar-refractivity contribution in [2.24, 2.45) is 5.84 Å². The number of rotatable bonds is 5. The molecule has 1 aromatic heterocycles. The van der Waals surface area contributed by atoms with Crippen LogP contribution in [0.1, 0.15) is 29.7 Å². The van der Waals surface area contributed by atoms with E-state index >= 15 is 0 Å². The van der Waals surface area contributed by atoms with E-state index < -0.39 is 0 Å². The van der Waals surface area contributed by atoms with Gasteiger partial charge in [-0.2, -0.15) is 0 Å². The fraction of sp³-hybridized carbons (Fsp3) is 0.222. The van der Waals surface area contributed by atoms with Crippen LogP contribution in [0.15, 0.2) is 59.2 Å². The number of nitrogens with one attached hydrogen (secondary N) is 1. The molecule has 108 valence electrons. The second-order valence-corrected chi connectivity index (χ2v) is 5.28. The molecule has 0 aliphatic rings. The van der Waals surface area contributed by atoms with Gasteiger partial charge in [0.05, 0.1) is 12.3 Å². The molecular weight excluding hydrogens is 260 g/mol. The van der Waals surface area contributed by atoms with Gasteiger partial charge in [-0.05, 0) is 30.0 Å². The van der Waals surface area contributed by atoms with Gasteiger partial charge < -0.3 is 4.42 Å². The topological polar surface area (TPSA) is 51.2 Å². The van der Waals surface area contributed by atoms with E-state index in [1.807, 2.05) is 18.2 Å². The first-order valence-corrected chi connectivity index (χ1v) is 7.32. The van der Waals surface area contributed by atoms with E-state index in [1.165, 1.54) is 11.1 Å². The van der Waals surface area contributed by atoms with Crippen LogP contribution in [0.2, 0.25) is 0 Å². The van der Waals surface area contributed by atoms with Crippen molar-refractivity contribution < 1.29 is 4.42 Å². The lowest BCUT2D eigenvalue weighted by molar-refractivity contribution is 0.536. The van der Waals surface area contributed by atoms with E-state index in [2.05, 4.69) is 42.7 Å². The van der Waals surface area contributed by atoms with Crippen molar-refractivity contribution in [1.82, 2.24) is 5.43 Å². The van der Waals surface area contributed by atoms with E-state index in [0.29, 0.717) is 0 Å². The van der Waals surface area contributed by atoms with E-state index in [1.54, 1.807) is 6.26 Å². The molecule has 2 aromatic carbocycles. The van der Waals surface area contributed by atoms with E-state index in [0.717, 1.165) is 29.4 Å². The smallest absolute Gasteiger partial charge is 0.134 e. The highest BCUT2D eigenvalue weighted by Gasteiger charge is 2.16. The van der Waals surface area contributed by atoms with Gasteiger partial charge in [0.25, 0.3) is 0 Å². The molecule has 1 atom stereocenters. The molecule has 0 saturated carbocycles. The summed E-state index contributed by atoms with van der Waals surface area (Å²) in [5, 5.41) is 1.12. The van der Waals surface area contributed by atoms with Gasteiger partial charge in [0.1, 0.15) is 5.58 Å². The van der Waals surface area contributed by atoms with Gasteiger partial charge in [-0.3, -0.25) is 11.3 Å². The summed E-state index contributed by atoms with van der Waals surface area (Å²) in [6, 6.07) is 16.8. The molecule has 0 aliphatic carbocycles. The van der Waals surface area contributed by atoms with Crippen molar-refractivity contribution in [3.05, 3.63) is 71.5 Å². The summed E-state index contributed by atoms with van der Waals surface area (Å²) in [7, 11) is 0. The third kappa shape index (κ3) is 2.84. The summed E-state index contributed by atoms with van der Waals surface area (Å²) in [6.07, 6.45) is 3.70. The summed E-state index contributed by atoms with van der Waals surface area (Å²) < 4.78 is 5.61. The number of hydrogen-bond donors (Lipinski definition) is 2. The normalized spacial score (nSPS) is 12.7. The molecule has 3 N–H and O–H groups in total. The Morgan fingerprint density at radius 3 is 2.48 bits per heavy atom. The molecule has 1 unspecified atom stereocenters. The van der Waals surface area contributed by atoms with E-state index in [-0.39, 0.29) is 6.04 Å². The zero-order valence-electron chi connectivity index (χ0n) is 12.2. The summed E-state index contributed by atoms with van der Waals surface area (Å²) in [5.74, 6) is 5.77. The Labute approximate surface area is 124 Å². The summed E-state index contributed by atoms with van der Waals surface area (Å²) >= 11 is 0. The maximum atomic E-state index is 5.77. The lowest BCUT2D eigenvalue weighted by Gasteiger charge is -2.15. The minimum absolute atomic E-state index is 0.0427. The average Bonchev–Trinajstić information content (AvgIpc) is 2.97. The Balaban J connectivity index is 1.87. The number of nitrogens with two attached hydrogens (primary N) is 1. The van der Waals surface area contributed by atoms with Gasteiger partial charge in [-0.1, -0.05) is 49.4 Å². The van der Waals surface area contributed by atoms with Crippen molar-refractivity contribution in [2.75, 3.05) is 0 Å². The first kappa shape index (κ1) is 13.9. The minimum atomic E-state index is 0.0427. The Morgan fingerprint density at radius 2 is 1.76 bits per heavy atom. The van der Waals surface area contributed by atoms with Crippen molar-refractivity contribution in [1.29, 1.82) is 0 Å². The number of para-hydroxylation sites is 1. The molecule has 0 amide bonds. The highest BCUT2D eigenvalue weighted by Crippen LogP contribution is 2.28. The Hall–Kier alpha value is -2.10. The van der Waals surface area contributed by atoms with Crippen molar-refractivity contribution in [2.45, 2.75) is 25.8 Å². The number of benzene rings is 2. The number of aryl methyl sites for hydroxylation is 1. The van der Waals surface area contributed by atoms with Gasteiger partial charge in [0.2, 0.25) is 0 Å². The molecule has 3 aromatic rings. The van der Waals surface area contributed by atoms with Crippen LogP contribution >= 0.6 is 0 Å². The molecule has 0 saturated heterocycles. The van der Waals surface area contributed by atoms with Gasteiger partial charge in [-0.25, -0.2) is 0 Å². The van der Waals surface area contributed by atoms with E-state index in [4.69, 9.17) is 10.3 Å². The first-order chi connectivity index (χ1) is 10.3. The monoisotopic (exact) mass is 280 g/mol. The second-order valence-electron chi connectivity index (χ2n) is 5.28. The average molecular weight is 280 g/mol. The van der Waals surface area contributed by atoms with Crippen molar-refractivity contribution in [3.8, 4) is 0 Å². The Kier molecular flexibility index (Phi) is 4.04. The second kappa shape index (κ2) is 6.12. The van der Waals surface area contributed by atoms with Crippen LogP contribution in [-0.2, 0) is 12.8 Å². The quantitative estimate of drug-likeness (QED) is 0.553. The maximum absolute atomic E-state index is 5.77. The Morgan fingerprint density at radius 1 is 1.05 bits per heavy atom. The van der Waals surface area contributed by atoms with E-state index in [9.17, 15) is 0 Å². The summed E-state index contributed by atoms with van der Waals surface area (Å²) in [5.41, 5.74) is 7.53. The lowest BCUT2D eigenvalue weighted by Crippen LogP contribution is -2.29. The fourth-order valence-corrected chi connectivity index (χ4v) is 2.67. The first-order valence-electron chi connectivity index (χ1n) is 7.32. The van der Waals surface area contributed by atoms with Crippen LogP contribution < -0.4 is 11.3 Å². The fourth-order valence-electron chi connectivity index (χ4n) is 2.67. The molecule has 0 radical (unpaired) electrons. The molecule has 0 bridgehead atoms. The molecular formula is C18H20N2O. The van der Waals surface area contributed by atoms with Gasteiger partial charge >= 0.3 is 0 Å². The molecule has 0 spiro atoms. The van der Waals surface area contributed by atoms with Gasteiger partial charge in [-0.15, -0.1) is 0 Å². The molecule has 21 heavy (non-hydrogen) atoms. The third-order valence-corrected chi connectivity index (χ3v) is 3.96. The van der Waals surface area contributed by atoms with Crippen LogP contribution in [0.3, 0.4) is 0 Å². The summed E-state index contributed by atoms with van der Waals surface area (Å²) in [6.45, 7) is 2.16. The van der Waals surface area contributed by atoms with Gasteiger partial charge in [0, 0.05) is 10.9 Å². The highest BCUT2D eigenvalue weighted by molar-refractivity contribution is 5.81. The van der Waals surface area contributed by atoms with Crippen molar-refractivity contribution >= 4 is 11.0 Å². The summed E-state index contributed by atoms with van der Waals surface area (Å²) in [4.78, 5) is 0. The number of fused-ring (bicyclic) bond motifs is 1. The SMILES string of the molecule is CCc1ccc(CC(NN)c2coc3ccccc23)cc1. The van der Waals surface area contributed by atoms with Crippen molar-refractivity contribution in [3.63, 3.8) is 0 Å². The molecule has 0 fully saturated rings. The maximum Gasteiger partial charge on any atom is 0.134 e.